The lowest BCUT2D eigenvalue weighted by Crippen LogP contribution is -2.18. The maximum atomic E-state index is 13.2. The third-order valence-electron chi connectivity index (χ3n) is 6.27. The van der Waals surface area contributed by atoms with E-state index in [4.69, 9.17) is 9.47 Å². The molecule has 0 aliphatic carbocycles. The average Bonchev–Trinajstić information content (AvgIpc) is 3.38. The van der Waals surface area contributed by atoms with E-state index in [-0.39, 0.29) is 23.7 Å². The molecule has 10 heteroatoms. The summed E-state index contributed by atoms with van der Waals surface area (Å²) >= 11 is 0. The maximum Gasteiger partial charge on any atom is 0.416 e. The number of nitrogens with zero attached hydrogens (tertiary/aromatic N) is 1. The SMILES string of the molecule is CCOc1cc(C=NNC(=O)c2[nH]c3ccccc3c2-c2ccccc2)ccc1OC(=O)c1cccc(C(F)(F)F)c1. The van der Waals surface area contributed by atoms with Gasteiger partial charge in [0.05, 0.1) is 23.9 Å². The Hall–Kier alpha value is -5.38. The minimum atomic E-state index is -4.60. The van der Waals surface area contributed by atoms with Crippen LogP contribution in [-0.4, -0.2) is 29.7 Å². The number of halogens is 3. The van der Waals surface area contributed by atoms with Crippen molar-refractivity contribution >= 4 is 29.0 Å². The summed E-state index contributed by atoms with van der Waals surface area (Å²) in [7, 11) is 0. The van der Waals surface area contributed by atoms with Crippen molar-refractivity contribution in [2.45, 2.75) is 13.1 Å². The molecule has 212 valence electrons. The number of hydrogen-bond donors (Lipinski definition) is 2. The molecule has 0 atom stereocenters. The number of nitrogens with one attached hydrogen (secondary N) is 2. The minimum absolute atomic E-state index is 0.0195. The lowest BCUT2D eigenvalue weighted by atomic mass is 10.0. The van der Waals surface area contributed by atoms with Crippen LogP contribution in [0.15, 0.2) is 102 Å². The smallest absolute Gasteiger partial charge is 0.416 e. The van der Waals surface area contributed by atoms with E-state index >= 15 is 0 Å². The number of fused-ring (bicyclic) bond motifs is 1. The van der Waals surface area contributed by atoms with Gasteiger partial charge in [0, 0.05) is 16.5 Å². The minimum Gasteiger partial charge on any atom is -0.490 e. The number of para-hydroxylation sites is 1. The molecule has 42 heavy (non-hydrogen) atoms. The Balaban J connectivity index is 1.34. The summed E-state index contributed by atoms with van der Waals surface area (Å²) < 4.78 is 50.1. The zero-order valence-corrected chi connectivity index (χ0v) is 22.2. The van der Waals surface area contributed by atoms with Gasteiger partial charge in [-0.2, -0.15) is 18.3 Å². The Bertz CT molecular complexity index is 1780. The van der Waals surface area contributed by atoms with Crippen LogP contribution in [0.3, 0.4) is 0 Å². The van der Waals surface area contributed by atoms with Gasteiger partial charge in [0.15, 0.2) is 11.5 Å². The second-order valence-corrected chi connectivity index (χ2v) is 9.09. The summed E-state index contributed by atoms with van der Waals surface area (Å²) in [5, 5.41) is 4.98. The van der Waals surface area contributed by atoms with Crippen LogP contribution in [0.2, 0.25) is 0 Å². The molecule has 0 saturated carbocycles. The second kappa shape index (κ2) is 12.0. The molecule has 1 amide bonds. The summed E-state index contributed by atoms with van der Waals surface area (Å²) in [5.74, 6) is -1.22. The van der Waals surface area contributed by atoms with Gasteiger partial charge in [0.1, 0.15) is 5.69 Å². The van der Waals surface area contributed by atoms with Crippen molar-refractivity contribution < 1.29 is 32.2 Å². The first-order chi connectivity index (χ1) is 20.2. The zero-order chi connectivity index (χ0) is 29.7. The Morgan fingerprint density at radius 1 is 0.905 bits per heavy atom. The van der Waals surface area contributed by atoms with Gasteiger partial charge < -0.3 is 14.5 Å². The number of aromatic nitrogens is 1. The highest BCUT2D eigenvalue weighted by Gasteiger charge is 2.31. The number of hydrogen-bond acceptors (Lipinski definition) is 5. The van der Waals surface area contributed by atoms with Crippen LogP contribution in [0.1, 0.15) is 38.9 Å². The molecule has 0 bridgehead atoms. The predicted octanol–water partition coefficient (Wildman–Crippen LogP) is 7.24. The third kappa shape index (κ3) is 6.17. The topological polar surface area (TPSA) is 92.8 Å². The number of esters is 1. The van der Waals surface area contributed by atoms with E-state index in [2.05, 4.69) is 15.5 Å². The highest BCUT2D eigenvalue weighted by atomic mass is 19.4. The highest BCUT2D eigenvalue weighted by Crippen LogP contribution is 2.33. The summed E-state index contributed by atoms with van der Waals surface area (Å²) in [5.41, 5.74) is 4.62. The van der Waals surface area contributed by atoms with Gasteiger partial charge in [0.25, 0.3) is 5.91 Å². The number of alkyl halides is 3. The van der Waals surface area contributed by atoms with Crippen LogP contribution in [0.4, 0.5) is 13.2 Å². The average molecular weight is 572 g/mol. The number of amides is 1. The maximum absolute atomic E-state index is 13.2. The van der Waals surface area contributed by atoms with Crippen molar-refractivity contribution in [3.63, 3.8) is 0 Å². The Kier molecular flexibility index (Phi) is 8.05. The van der Waals surface area contributed by atoms with Crippen molar-refractivity contribution in [1.82, 2.24) is 10.4 Å². The molecule has 5 rings (SSSR count). The van der Waals surface area contributed by atoms with Crippen LogP contribution in [0.5, 0.6) is 11.5 Å². The normalized spacial score (nSPS) is 11.5. The molecule has 0 aliphatic heterocycles. The molecule has 0 unspecified atom stereocenters. The van der Waals surface area contributed by atoms with Gasteiger partial charge in [-0.1, -0.05) is 54.6 Å². The summed E-state index contributed by atoms with van der Waals surface area (Å²) in [6.07, 6.45) is -3.20. The molecular weight excluding hydrogens is 547 g/mol. The van der Waals surface area contributed by atoms with E-state index in [9.17, 15) is 22.8 Å². The van der Waals surface area contributed by atoms with Gasteiger partial charge >= 0.3 is 12.1 Å². The quantitative estimate of drug-likeness (QED) is 0.0889. The molecule has 0 fully saturated rings. The van der Waals surface area contributed by atoms with Gasteiger partial charge in [-0.05, 0) is 60.5 Å². The molecule has 5 aromatic rings. The molecular formula is C32H24F3N3O4. The number of aromatic amines is 1. The number of carbonyl (C=O) groups excluding carboxylic acids is 2. The molecule has 1 aromatic heterocycles. The van der Waals surface area contributed by atoms with Gasteiger partial charge in [-0.25, -0.2) is 10.2 Å². The van der Waals surface area contributed by atoms with E-state index in [1.54, 1.807) is 13.0 Å². The molecule has 0 saturated heterocycles. The number of carbonyl (C=O) groups is 2. The molecule has 1 heterocycles. The van der Waals surface area contributed by atoms with Crippen molar-refractivity contribution in [2.75, 3.05) is 6.61 Å². The zero-order valence-electron chi connectivity index (χ0n) is 22.2. The lowest BCUT2D eigenvalue weighted by Gasteiger charge is -2.12. The monoisotopic (exact) mass is 571 g/mol. The summed E-state index contributed by atoms with van der Waals surface area (Å²) in [6, 6.07) is 25.6. The Labute approximate surface area is 238 Å². The number of benzene rings is 4. The van der Waals surface area contributed by atoms with E-state index in [1.165, 1.54) is 24.4 Å². The van der Waals surface area contributed by atoms with Crippen LogP contribution in [-0.2, 0) is 6.18 Å². The number of H-pyrrole nitrogens is 1. The summed E-state index contributed by atoms with van der Waals surface area (Å²) in [6.45, 7) is 1.96. The van der Waals surface area contributed by atoms with Crippen molar-refractivity contribution in [3.05, 3.63) is 119 Å². The first-order valence-electron chi connectivity index (χ1n) is 12.9. The van der Waals surface area contributed by atoms with Gasteiger partial charge in [-0.3, -0.25) is 4.79 Å². The first kappa shape index (κ1) is 28.2. The first-order valence-corrected chi connectivity index (χ1v) is 12.9. The fourth-order valence-corrected chi connectivity index (χ4v) is 4.38. The number of rotatable bonds is 8. The molecule has 0 aliphatic rings. The predicted molar refractivity (Wildman–Crippen MR) is 153 cm³/mol. The van der Waals surface area contributed by atoms with E-state index in [0.29, 0.717) is 11.3 Å². The van der Waals surface area contributed by atoms with Crippen molar-refractivity contribution in [1.29, 1.82) is 0 Å². The molecule has 2 N–H and O–H groups in total. The Morgan fingerprint density at radius 2 is 1.67 bits per heavy atom. The largest absolute Gasteiger partial charge is 0.490 e. The molecule has 4 aromatic carbocycles. The van der Waals surface area contributed by atoms with E-state index in [0.717, 1.165) is 40.2 Å². The van der Waals surface area contributed by atoms with E-state index in [1.807, 2.05) is 54.6 Å². The van der Waals surface area contributed by atoms with E-state index < -0.39 is 23.6 Å². The van der Waals surface area contributed by atoms with Crippen LogP contribution in [0, 0.1) is 0 Å². The van der Waals surface area contributed by atoms with Crippen molar-refractivity contribution in [2.24, 2.45) is 5.10 Å². The molecule has 0 radical (unpaired) electrons. The third-order valence-corrected chi connectivity index (χ3v) is 6.27. The standard InChI is InChI=1S/C32H24F3N3O4/c1-2-41-27-17-20(15-16-26(27)42-31(40)22-11-8-12-23(18-22)32(33,34)35)19-36-38-30(39)29-28(21-9-4-3-5-10-21)24-13-6-7-14-25(24)37-29/h3-19,37H,2H2,1H3,(H,38,39). The fourth-order valence-electron chi connectivity index (χ4n) is 4.38. The number of hydrazone groups is 1. The number of ether oxygens (including phenoxy) is 2. The van der Waals surface area contributed by atoms with Crippen LogP contribution >= 0.6 is 0 Å². The molecule has 7 nitrogen and oxygen atoms in total. The van der Waals surface area contributed by atoms with Crippen LogP contribution in [0.25, 0.3) is 22.0 Å². The fraction of sp³-hybridized carbons (Fsp3) is 0.0938. The summed E-state index contributed by atoms with van der Waals surface area (Å²) in [4.78, 5) is 28.9. The second-order valence-electron chi connectivity index (χ2n) is 9.09. The van der Waals surface area contributed by atoms with Crippen molar-refractivity contribution in [3.8, 4) is 22.6 Å². The van der Waals surface area contributed by atoms with Gasteiger partial charge in [-0.15, -0.1) is 0 Å². The lowest BCUT2D eigenvalue weighted by molar-refractivity contribution is -0.137. The Morgan fingerprint density at radius 3 is 2.43 bits per heavy atom. The highest BCUT2D eigenvalue weighted by molar-refractivity contribution is 6.09. The molecule has 0 spiro atoms. The van der Waals surface area contributed by atoms with Gasteiger partial charge in [0.2, 0.25) is 0 Å². The van der Waals surface area contributed by atoms with Crippen LogP contribution < -0.4 is 14.9 Å².